The summed E-state index contributed by atoms with van der Waals surface area (Å²) < 4.78 is 7.62. The third kappa shape index (κ3) is 4.17. The van der Waals surface area contributed by atoms with E-state index in [0.717, 1.165) is 22.8 Å². The number of rotatable bonds is 5. The maximum atomic E-state index is 12.6. The van der Waals surface area contributed by atoms with Gasteiger partial charge < -0.3 is 15.0 Å². The van der Waals surface area contributed by atoms with Gasteiger partial charge in [0.2, 0.25) is 5.91 Å². The summed E-state index contributed by atoms with van der Waals surface area (Å²) in [6.45, 7) is 3.69. The second kappa shape index (κ2) is 7.65. The molecule has 0 saturated carbocycles. The van der Waals surface area contributed by atoms with Crippen molar-refractivity contribution in [3.63, 3.8) is 0 Å². The summed E-state index contributed by atoms with van der Waals surface area (Å²) >= 11 is 0. The fourth-order valence-corrected chi connectivity index (χ4v) is 3.12. The summed E-state index contributed by atoms with van der Waals surface area (Å²) in [5.74, 6) is 0.956. The van der Waals surface area contributed by atoms with Crippen LogP contribution in [0.25, 0.3) is 0 Å². The third-order valence-corrected chi connectivity index (χ3v) is 4.50. The Balaban J connectivity index is 1.60. The average Bonchev–Trinajstić information content (AvgIpc) is 2.97. The van der Waals surface area contributed by atoms with E-state index < -0.39 is 0 Å². The highest BCUT2D eigenvalue weighted by Gasteiger charge is 2.26. The molecule has 1 aliphatic heterocycles. The molecule has 7 nitrogen and oxygen atoms in total. The molecule has 0 unspecified atom stereocenters. The summed E-state index contributed by atoms with van der Waals surface area (Å²) in [6.07, 6.45) is 3.01. The Kier molecular flexibility index (Phi) is 5.33. The predicted molar refractivity (Wildman–Crippen MR) is 95.3 cm³/mol. The summed E-state index contributed by atoms with van der Waals surface area (Å²) in [6, 6.07) is 5.80. The highest BCUT2D eigenvalue weighted by Crippen LogP contribution is 2.22. The van der Waals surface area contributed by atoms with Crippen molar-refractivity contribution in [3.05, 3.63) is 41.3 Å². The molecule has 1 amide bonds. The van der Waals surface area contributed by atoms with Gasteiger partial charge in [-0.1, -0.05) is 6.07 Å². The molecule has 3 heterocycles. The van der Waals surface area contributed by atoms with Crippen LogP contribution in [0.4, 0.5) is 5.82 Å². The van der Waals surface area contributed by atoms with E-state index in [4.69, 9.17) is 4.74 Å². The molecule has 1 fully saturated rings. The Labute approximate surface area is 148 Å². The molecule has 134 valence electrons. The third-order valence-electron chi connectivity index (χ3n) is 4.50. The second-order valence-corrected chi connectivity index (χ2v) is 6.31. The van der Waals surface area contributed by atoms with Crippen molar-refractivity contribution in [2.75, 3.05) is 32.1 Å². The van der Waals surface area contributed by atoms with E-state index in [9.17, 15) is 4.79 Å². The average molecular weight is 343 g/mol. The van der Waals surface area contributed by atoms with Gasteiger partial charge in [0.05, 0.1) is 24.5 Å². The lowest BCUT2D eigenvalue weighted by atomic mass is 10.1. The van der Waals surface area contributed by atoms with E-state index in [1.807, 2.05) is 50.3 Å². The van der Waals surface area contributed by atoms with E-state index in [0.29, 0.717) is 32.5 Å². The minimum atomic E-state index is -0.175. The van der Waals surface area contributed by atoms with E-state index in [1.54, 1.807) is 4.68 Å². The molecule has 0 bridgehead atoms. The van der Waals surface area contributed by atoms with Gasteiger partial charge in [-0.05, 0) is 31.0 Å². The van der Waals surface area contributed by atoms with Gasteiger partial charge in [-0.15, -0.1) is 0 Å². The summed E-state index contributed by atoms with van der Waals surface area (Å²) in [5.41, 5.74) is 2.97. The number of nitrogens with zero attached hydrogens (tertiary/aromatic N) is 4. The zero-order valence-corrected chi connectivity index (χ0v) is 15.0. The number of nitrogens with one attached hydrogen (secondary N) is 1. The molecule has 0 aliphatic carbocycles. The lowest BCUT2D eigenvalue weighted by Gasteiger charge is -2.33. The smallest absolute Gasteiger partial charge is 0.223 e. The van der Waals surface area contributed by atoms with Crippen LogP contribution in [0.3, 0.4) is 0 Å². The number of hydrogen-bond donors (Lipinski definition) is 1. The molecule has 0 radical (unpaired) electrons. The van der Waals surface area contributed by atoms with Crippen LogP contribution in [-0.4, -0.2) is 52.3 Å². The summed E-state index contributed by atoms with van der Waals surface area (Å²) in [7, 11) is 3.74. The Hall–Kier alpha value is -2.41. The largest absolute Gasteiger partial charge is 0.373 e. The van der Waals surface area contributed by atoms with Crippen LogP contribution < -0.4 is 5.32 Å². The van der Waals surface area contributed by atoms with Crippen LogP contribution in [-0.2, 0) is 23.0 Å². The van der Waals surface area contributed by atoms with Gasteiger partial charge in [0.1, 0.15) is 11.9 Å². The molecule has 3 rings (SSSR count). The van der Waals surface area contributed by atoms with Gasteiger partial charge in [0.25, 0.3) is 0 Å². The van der Waals surface area contributed by atoms with Crippen molar-refractivity contribution in [3.8, 4) is 0 Å². The molecule has 1 N–H and O–H groups in total. The van der Waals surface area contributed by atoms with Crippen LogP contribution >= 0.6 is 0 Å². The molecular weight excluding hydrogens is 318 g/mol. The molecule has 2 aromatic heterocycles. The minimum absolute atomic E-state index is 0.154. The first-order valence-electron chi connectivity index (χ1n) is 8.60. The number of aryl methyl sites for hydroxylation is 3. The number of amides is 1. The molecule has 1 saturated heterocycles. The quantitative estimate of drug-likeness (QED) is 0.895. The monoisotopic (exact) mass is 343 g/mol. The van der Waals surface area contributed by atoms with Gasteiger partial charge in [-0.3, -0.25) is 9.48 Å². The number of carbonyl (C=O) groups excluding carboxylic acids is 1. The van der Waals surface area contributed by atoms with Gasteiger partial charge in [0, 0.05) is 33.3 Å². The number of anilines is 1. The Bertz CT molecular complexity index is 743. The van der Waals surface area contributed by atoms with Crippen LogP contribution in [0.1, 0.15) is 29.5 Å². The van der Waals surface area contributed by atoms with Crippen molar-refractivity contribution >= 4 is 11.7 Å². The molecule has 7 heteroatoms. The molecular formula is C18H25N5O2. The fraction of sp³-hybridized carbons (Fsp3) is 0.500. The lowest BCUT2D eigenvalue weighted by Crippen LogP contribution is -2.42. The molecule has 1 atom stereocenters. The first-order chi connectivity index (χ1) is 12.1. The summed E-state index contributed by atoms with van der Waals surface area (Å²) in [5, 5.41) is 7.36. The van der Waals surface area contributed by atoms with Crippen molar-refractivity contribution < 1.29 is 9.53 Å². The molecule has 1 aliphatic rings. The van der Waals surface area contributed by atoms with Crippen molar-refractivity contribution in [1.82, 2.24) is 19.7 Å². The molecule has 0 aromatic carbocycles. The van der Waals surface area contributed by atoms with Crippen LogP contribution in [0.2, 0.25) is 0 Å². The van der Waals surface area contributed by atoms with Crippen LogP contribution in [0, 0.1) is 6.92 Å². The SMILES string of the molecule is CNc1cccc([C@H]2CN(C(=O)CCc3cn(C)nc3C)CCO2)n1. The Morgan fingerprint density at radius 1 is 1.44 bits per heavy atom. The zero-order valence-electron chi connectivity index (χ0n) is 15.0. The van der Waals surface area contributed by atoms with Gasteiger partial charge >= 0.3 is 0 Å². The van der Waals surface area contributed by atoms with Gasteiger partial charge in [-0.25, -0.2) is 4.98 Å². The van der Waals surface area contributed by atoms with E-state index in [2.05, 4.69) is 15.4 Å². The first-order valence-corrected chi connectivity index (χ1v) is 8.60. The predicted octanol–water partition coefficient (Wildman–Crippen LogP) is 1.70. The minimum Gasteiger partial charge on any atom is -0.373 e. The normalized spacial score (nSPS) is 17.6. The van der Waals surface area contributed by atoms with Gasteiger partial charge in [-0.2, -0.15) is 5.10 Å². The molecule has 0 spiro atoms. The number of pyridine rings is 1. The van der Waals surface area contributed by atoms with Crippen molar-refractivity contribution in [1.29, 1.82) is 0 Å². The highest BCUT2D eigenvalue weighted by atomic mass is 16.5. The number of hydrogen-bond acceptors (Lipinski definition) is 5. The van der Waals surface area contributed by atoms with E-state index in [1.165, 1.54) is 0 Å². The Morgan fingerprint density at radius 3 is 3.00 bits per heavy atom. The fourth-order valence-electron chi connectivity index (χ4n) is 3.12. The van der Waals surface area contributed by atoms with E-state index in [-0.39, 0.29) is 12.0 Å². The molecule has 25 heavy (non-hydrogen) atoms. The maximum Gasteiger partial charge on any atom is 0.223 e. The van der Waals surface area contributed by atoms with Crippen molar-refractivity contribution in [2.24, 2.45) is 7.05 Å². The standard InChI is InChI=1S/C18H25N5O2/c1-13-14(11-22(3)21-13)7-8-18(24)23-9-10-25-16(12-23)15-5-4-6-17(19-2)20-15/h4-6,11,16H,7-10,12H2,1-3H3,(H,19,20)/t16-/m1/s1. The molecule has 2 aromatic rings. The van der Waals surface area contributed by atoms with Crippen LogP contribution in [0.5, 0.6) is 0 Å². The maximum absolute atomic E-state index is 12.6. The van der Waals surface area contributed by atoms with Crippen LogP contribution in [0.15, 0.2) is 24.4 Å². The number of carbonyl (C=O) groups is 1. The highest BCUT2D eigenvalue weighted by molar-refractivity contribution is 5.76. The van der Waals surface area contributed by atoms with Crippen molar-refractivity contribution in [2.45, 2.75) is 25.9 Å². The number of ether oxygens (including phenoxy) is 1. The van der Waals surface area contributed by atoms with Gasteiger partial charge in [0.15, 0.2) is 0 Å². The summed E-state index contributed by atoms with van der Waals surface area (Å²) in [4.78, 5) is 19.0. The lowest BCUT2D eigenvalue weighted by molar-refractivity contribution is -0.139. The number of aromatic nitrogens is 3. The number of morpholine rings is 1. The Morgan fingerprint density at radius 2 is 2.28 bits per heavy atom. The second-order valence-electron chi connectivity index (χ2n) is 6.31. The van der Waals surface area contributed by atoms with E-state index >= 15 is 0 Å². The first kappa shape index (κ1) is 17.4. The topological polar surface area (TPSA) is 72.3 Å². The zero-order chi connectivity index (χ0) is 17.8.